The second-order valence-electron chi connectivity index (χ2n) is 6.26. The Kier molecular flexibility index (Phi) is 5.01. The molecule has 1 aromatic carbocycles. The molecule has 0 radical (unpaired) electrons. The van der Waals surface area contributed by atoms with Crippen molar-refractivity contribution in [2.75, 3.05) is 25.1 Å². The van der Waals surface area contributed by atoms with Gasteiger partial charge in [0.2, 0.25) is 5.91 Å². The topological polar surface area (TPSA) is 68.1 Å². The highest BCUT2D eigenvalue weighted by Gasteiger charge is 2.47. The number of amides is 2. The molecule has 1 atom stereocenters. The number of imide groups is 1. The zero-order chi connectivity index (χ0) is 17.3. The van der Waals surface area contributed by atoms with E-state index in [-0.39, 0.29) is 36.2 Å². The molecular formula is C17H20BrN2O4+. The summed E-state index contributed by atoms with van der Waals surface area (Å²) < 4.78 is 5.69. The van der Waals surface area contributed by atoms with Crippen LogP contribution >= 0.6 is 15.9 Å². The number of halogens is 1. The Hall–Kier alpha value is -1.73. The first kappa shape index (κ1) is 17.1. The summed E-state index contributed by atoms with van der Waals surface area (Å²) in [7, 11) is 1.40. The second kappa shape index (κ2) is 7.03. The number of nitrogens with zero attached hydrogens (tertiary/aromatic N) is 1. The number of anilines is 1. The molecule has 1 N–H and O–H groups in total. The van der Waals surface area contributed by atoms with Crippen LogP contribution in [0.25, 0.3) is 0 Å². The third-order valence-corrected chi connectivity index (χ3v) is 5.42. The Morgan fingerprint density at radius 2 is 1.83 bits per heavy atom. The Balaban J connectivity index is 1.68. The summed E-state index contributed by atoms with van der Waals surface area (Å²) in [6.07, 6.45) is 1.61. The van der Waals surface area contributed by atoms with Crippen LogP contribution in [0.4, 0.5) is 5.69 Å². The van der Waals surface area contributed by atoms with Crippen LogP contribution in [0.2, 0.25) is 0 Å². The number of ether oxygens (including phenoxy) is 1. The maximum Gasteiger partial charge on any atom is 0.309 e. The molecule has 3 rings (SSSR count). The maximum absolute atomic E-state index is 12.8. The minimum atomic E-state index is -0.347. The number of hydrogen-bond acceptors (Lipinski definition) is 4. The van der Waals surface area contributed by atoms with Crippen LogP contribution in [0.3, 0.4) is 0 Å². The predicted octanol–water partition coefficient (Wildman–Crippen LogP) is 0.549. The van der Waals surface area contributed by atoms with Gasteiger partial charge in [0.1, 0.15) is 0 Å². The molecule has 0 aromatic heterocycles. The summed E-state index contributed by atoms with van der Waals surface area (Å²) in [6.45, 7) is 1.41. The number of rotatable bonds is 3. The van der Waals surface area contributed by atoms with Crippen molar-refractivity contribution in [1.29, 1.82) is 0 Å². The van der Waals surface area contributed by atoms with E-state index in [1.807, 2.05) is 12.1 Å². The number of methoxy groups -OCH3 is 1. The van der Waals surface area contributed by atoms with Crippen molar-refractivity contribution in [3.63, 3.8) is 0 Å². The monoisotopic (exact) mass is 395 g/mol. The lowest BCUT2D eigenvalue weighted by Gasteiger charge is -2.30. The van der Waals surface area contributed by atoms with Crippen molar-refractivity contribution < 1.29 is 24.0 Å². The molecule has 0 bridgehead atoms. The molecule has 7 heteroatoms. The van der Waals surface area contributed by atoms with E-state index in [0.29, 0.717) is 31.6 Å². The van der Waals surface area contributed by atoms with Crippen LogP contribution in [0.1, 0.15) is 19.3 Å². The summed E-state index contributed by atoms with van der Waals surface area (Å²) in [4.78, 5) is 39.1. The highest BCUT2D eigenvalue weighted by Crippen LogP contribution is 2.24. The van der Waals surface area contributed by atoms with E-state index in [9.17, 15) is 14.4 Å². The zero-order valence-corrected chi connectivity index (χ0v) is 15.0. The highest BCUT2D eigenvalue weighted by atomic mass is 79.9. The molecule has 128 valence electrons. The molecule has 2 fully saturated rings. The molecular weight excluding hydrogens is 376 g/mol. The Bertz CT molecular complexity index is 653. The van der Waals surface area contributed by atoms with Gasteiger partial charge in [0, 0.05) is 17.3 Å². The van der Waals surface area contributed by atoms with Gasteiger partial charge in [-0.2, -0.15) is 0 Å². The van der Waals surface area contributed by atoms with E-state index in [0.717, 1.165) is 9.37 Å². The van der Waals surface area contributed by atoms with Gasteiger partial charge in [-0.1, -0.05) is 15.9 Å². The number of piperidine rings is 1. The van der Waals surface area contributed by atoms with Crippen molar-refractivity contribution >= 4 is 39.4 Å². The van der Waals surface area contributed by atoms with Crippen molar-refractivity contribution in [3.8, 4) is 0 Å². The number of quaternary nitrogens is 1. The molecule has 0 spiro atoms. The average molecular weight is 396 g/mol. The van der Waals surface area contributed by atoms with E-state index in [1.54, 1.807) is 12.1 Å². The van der Waals surface area contributed by atoms with Crippen LogP contribution < -0.4 is 9.80 Å². The molecule has 2 saturated heterocycles. The molecule has 6 nitrogen and oxygen atoms in total. The first-order valence-electron chi connectivity index (χ1n) is 8.06. The van der Waals surface area contributed by atoms with Crippen LogP contribution in [0.15, 0.2) is 28.7 Å². The van der Waals surface area contributed by atoms with Gasteiger partial charge in [-0.15, -0.1) is 0 Å². The lowest BCUT2D eigenvalue weighted by Crippen LogP contribution is -3.17. The van der Waals surface area contributed by atoms with E-state index >= 15 is 0 Å². The van der Waals surface area contributed by atoms with Gasteiger partial charge in [0.05, 0.1) is 38.2 Å². The number of carbonyl (C=O) groups excluding carboxylic acids is 3. The molecule has 0 aliphatic carbocycles. The van der Waals surface area contributed by atoms with Crippen LogP contribution in [0.5, 0.6) is 0 Å². The number of likely N-dealkylation sites (tertiary alicyclic amines) is 1. The van der Waals surface area contributed by atoms with Crippen molar-refractivity contribution in [2.24, 2.45) is 5.92 Å². The fraction of sp³-hybridized carbons (Fsp3) is 0.471. The van der Waals surface area contributed by atoms with E-state index in [2.05, 4.69) is 15.9 Å². The summed E-state index contributed by atoms with van der Waals surface area (Å²) in [5, 5.41) is 0. The van der Waals surface area contributed by atoms with Gasteiger partial charge in [-0.25, -0.2) is 4.90 Å². The minimum absolute atomic E-state index is 0.0893. The number of nitrogens with one attached hydrogen (secondary N) is 1. The summed E-state index contributed by atoms with van der Waals surface area (Å²) >= 11 is 3.35. The predicted molar refractivity (Wildman–Crippen MR) is 90.5 cm³/mol. The van der Waals surface area contributed by atoms with Gasteiger partial charge in [-0.05, 0) is 24.3 Å². The van der Waals surface area contributed by atoms with Crippen molar-refractivity contribution in [2.45, 2.75) is 25.3 Å². The lowest BCUT2D eigenvalue weighted by atomic mass is 9.95. The molecule has 1 aromatic rings. The fourth-order valence-corrected chi connectivity index (χ4v) is 3.82. The van der Waals surface area contributed by atoms with Crippen LogP contribution in [-0.4, -0.2) is 44.0 Å². The minimum Gasteiger partial charge on any atom is -0.469 e. The number of benzene rings is 1. The number of hydrogen-bond donors (Lipinski definition) is 1. The van der Waals surface area contributed by atoms with Gasteiger partial charge < -0.3 is 9.64 Å². The molecule has 2 aliphatic heterocycles. The summed E-state index contributed by atoms with van der Waals surface area (Å²) in [6, 6.07) is 6.82. The first-order chi connectivity index (χ1) is 11.5. The SMILES string of the molecule is COC(=O)C1CC[NH+]([C@@H]2CC(=O)N(c3ccc(Br)cc3)C2=O)CC1. The van der Waals surface area contributed by atoms with Gasteiger partial charge in [-0.3, -0.25) is 14.4 Å². The fourth-order valence-electron chi connectivity index (χ4n) is 3.55. The van der Waals surface area contributed by atoms with Crippen molar-refractivity contribution in [3.05, 3.63) is 28.7 Å². The molecule has 0 unspecified atom stereocenters. The smallest absolute Gasteiger partial charge is 0.309 e. The van der Waals surface area contributed by atoms with E-state index in [1.165, 1.54) is 12.0 Å². The molecule has 0 saturated carbocycles. The standard InChI is InChI=1S/C17H19BrN2O4/c1-24-17(23)11-6-8-19(9-7-11)14-10-15(21)20(16(14)22)13-4-2-12(18)3-5-13/h2-5,11,14H,6-10H2,1H3/p+1/t14-/m1/s1. The Morgan fingerprint density at radius 1 is 1.21 bits per heavy atom. The molecule has 24 heavy (non-hydrogen) atoms. The summed E-state index contributed by atoms with van der Waals surface area (Å²) in [5.41, 5.74) is 0.611. The average Bonchev–Trinajstić information content (AvgIpc) is 2.90. The van der Waals surface area contributed by atoms with Gasteiger partial charge in [0.15, 0.2) is 6.04 Å². The zero-order valence-electron chi connectivity index (χ0n) is 13.5. The van der Waals surface area contributed by atoms with Crippen molar-refractivity contribution in [1.82, 2.24) is 0 Å². The normalized spacial score (nSPS) is 27.4. The largest absolute Gasteiger partial charge is 0.469 e. The first-order valence-corrected chi connectivity index (χ1v) is 8.85. The second-order valence-corrected chi connectivity index (χ2v) is 7.17. The van der Waals surface area contributed by atoms with Crippen LogP contribution in [-0.2, 0) is 19.1 Å². The lowest BCUT2D eigenvalue weighted by molar-refractivity contribution is -0.920. The van der Waals surface area contributed by atoms with Gasteiger partial charge in [0.25, 0.3) is 5.91 Å². The highest BCUT2D eigenvalue weighted by molar-refractivity contribution is 9.10. The Morgan fingerprint density at radius 3 is 2.42 bits per heavy atom. The molecule has 2 amide bonds. The van der Waals surface area contributed by atoms with Crippen LogP contribution in [0, 0.1) is 5.92 Å². The summed E-state index contributed by atoms with van der Waals surface area (Å²) in [5.74, 6) is -0.573. The molecule has 2 aliphatic rings. The molecule has 2 heterocycles. The van der Waals surface area contributed by atoms with Gasteiger partial charge >= 0.3 is 5.97 Å². The maximum atomic E-state index is 12.8. The Labute approximate surface area is 148 Å². The number of carbonyl (C=O) groups is 3. The quantitative estimate of drug-likeness (QED) is 0.599. The third kappa shape index (κ3) is 3.23. The third-order valence-electron chi connectivity index (χ3n) is 4.89. The van der Waals surface area contributed by atoms with E-state index in [4.69, 9.17) is 4.74 Å². The van der Waals surface area contributed by atoms with E-state index < -0.39 is 0 Å². The number of esters is 1.